The standard InChI is InChI=1S/C14H14BrN3O/c1-2-14(6-4-3-5-7-14)18-11-8-10(15)9-16-12(11)17-13(18)19/h3-6,8-9H,2,7H2,1H3,(H,16,17,19)/t14-/m0/s1. The van der Waals surface area contributed by atoms with Gasteiger partial charge < -0.3 is 0 Å². The number of nitrogens with one attached hydrogen (secondary N) is 1. The van der Waals surface area contributed by atoms with Crippen LogP contribution in [0.15, 0.2) is 45.8 Å². The molecule has 1 N–H and O–H groups in total. The molecule has 0 unspecified atom stereocenters. The molecule has 98 valence electrons. The molecule has 0 saturated heterocycles. The van der Waals surface area contributed by atoms with Gasteiger partial charge >= 0.3 is 5.69 Å². The summed E-state index contributed by atoms with van der Waals surface area (Å²) in [5.41, 5.74) is 1.06. The number of rotatable bonds is 2. The van der Waals surface area contributed by atoms with Crippen LogP contribution in [0.1, 0.15) is 19.8 Å². The monoisotopic (exact) mass is 319 g/mol. The summed E-state index contributed by atoms with van der Waals surface area (Å²) in [5, 5.41) is 0. The molecule has 0 aromatic carbocycles. The molecule has 0 saturated carbocycles. The number of fused-ring (bicyclic) bond motifs is 1. The lowest BCUT2D eigenvalue weighted by Gasteiger charge is -2.31. The first-order chi connectivity index (χ1) is 9.16. The average molecular weight is 320 g/mol. The lowest BCUT2D eigenvalue weighted by molar-refractivity contribution is 0.358. The van der Waals surface area contributed by atoms with E-state index >= 15 is 0 Å². The van der Waals surface area contributed by atoms with Gasteiger partial charge in [-0.3, -0.25) is 9.55 Å². The first-order valence-corrected chi connectivity index (χ1v) is 7.07. The van der Waals surface area contributed by atoms with Crippen LogP contribution in [0.3, 0.4) is 0 Å². The van der Waals surface area contributed by atoms with Gasteiger partial charge in [-0.2, -0.15) is 0 Å². The summed E-state index contributed by atoms with van der Waals surface area (Å²) in [6, 6.07) is 1.93. The Balaban J connectivity index is 2.32. The van der Waals surface area contributed by atoms with Gasteiger partial charge in [0.25, 0.3) is 0 Å². The van der Waals surface area contributed by atoms with Crippen LogP contribution in [0.4, 0.5) is 0 Å². The highest BCUT2D eigenvalue weighted by Gasteiger charge is 2.31. The maximum absolute atomic E-state index is 12.3. The van der Waals surface area contributed by atoms with E-state index in [2.05, 4.69) is 45.0 Å². The third kappa shape index (κ3) is 1.89. The number of pyridine rings is 1. The van der Waals surface area contributed by atoms with E-state index in [0.717, 1.165) is 22.8 Å². The fraction of sp³-hybridized carbons (Fsp3) is 0.286. The summed E-state index contributed by atoms with van der Waals surface area (Å²) in [6.45, 7) is 2.10. The second kappa shape index (κ2) is 4.49. The molecule has 0 spiro atoms. The van der Waals surface area contributed by atoms with Crippen LogP contribution in [-0.4, -0.2) is 14.5 Å². The van der Waals surface area contributed by atoms with Crippen molar-refractivity contribution < 1.29 is 0 Å². The lowest BCUT2D eigenvalue weighted by Crippen LogP contribution is -2.38. The third-order valence-electron chi connectivity index (χ3n) is 3.69. The van der Waals surface area contributed by atoms with Gasteiger partial charge in [-0.15, -0.1) is 0 Å². The Morgan fingerprint density at radius 1 is 1.53 bits per heavy atom. The van der Waals surface area contributed by atoms with Gasteiger partial charge in [0.2, 0.25) is 0 Å². The van der Waals surface area contributed by atoms with Crippen molar-refractivity contribution in [1.29, 1.82) is 0 Å². The SMILES string of the molecule is CC[C@]1(n2c(=O)[nH]c3ncc(Br)cc32)C=CC=CC1. The second-order valence-corrected chi connectivity index (χ2v) is 5.65. The molecular weight excluding hydrogens is 306 g/mol. The lowest BCUT2D eigenvalue weighted by atomic mass is 9.88. The number of hydrogen-bond donors (Lipinski definition) is 1. The highest BCUT2D eigenvalue weighted by molar-refractivity contribution is 9.10. The van der Waals surface area contributed by atoms with E-state index in [0.29, 0.717) is 5.65 Å². The molecule has 1 aliphatic carbocycles. The number of H-pyrrole nitrogens is 1. The highest BCUT2D eigenvalue weighted by Crippen LogP contribution is 2.32. The maximum Gasteiger partial charge on any atom is 0.328 e. The molecule has 2 aromatic rings. The Hall–Kier alpha value is -1.62. The quantitative estimate of drug-likeness (QED) is 0.924. The number of hydrogen-bond acceptors (Lipinski definition) is 2. The van der Waals surface area contributed by atoms with Gasteiger partial charge in [-0.05, 0) is 34.8 Å². The Morgan fingerprint density at radius 2 is 2.37 bits per heavy atom. The molecule has 3 rings (SSSR count). The van der Waals surface area contributed by atoms with E-state index in [4.69, 9.17) is 0 Å². The molecule has 0 aliphatic heterocycles. The van der Waals surface area contributed by atoms with Crippen molar-refractivity contribution in [1.82, 2.24) is 14.5 Å². The topological polar surface area (TPSA) is 50.7 Å². The minimum absolute atomic E-state index is 0.109. The summed E-state index contributed by atoms with van der Waals surface area (Å²) >= 11 is 3.42. The van der Waals surface area contributed by atoms with Gasteiger partial charge in [-0.25, -0.2) is 9.78 Å². The summed E-state index contributed by atoms with van der Waals surface area (Å²) in [6.07, 6.45) is 11.6. The molecule has 0 amide bonds. The predicted octanol–water partition coefficient (Wildman–Crippen LogP) is 3.11. The molecule has 5 heteroatoms. The fourth-order valence-electron chi connectivity index (χ4n) is 2.64. The molecule has 0 radical (unpaired) electrons. The molecule has 1 atom stereocenters. The molecule has 0 fully saturated rings. The van der Waals surface area contributed by atoms with Crippen LogP contribution in [0.5, 0.6) is 0 Å². The van der Waals surface area contributed by atoms with Crippen molar-refractivity contribution in [3.8, 4) is 0 Å². The van der Waals surface area contributed by atoms with Crippen LogP contribution < -0.4 is 5.69 Å². The minimum Gasteiger partial charge on any atom is -0.290 e. The van der Waals surface area contributed by atoms with E-state index in [-0.39, 0.29) is 11.2 Å². The number of halogens is 1. The van der Waals surface area contributed by atoms with Crippen LogP contribution >= 0.6 is 15.9 Å². The summed E-state index contributed by atoms with van der Waals surface area (Å²) in [7, 11) is 0. The zero-order valence-electron chi connectivity index (χ0n) is 10.6. The Morgan fingerprint density at radius 3 is 3.05 bits per heavy atom. The first kappa shape index (κ1) is 12.4. The number of aromatic nitrogens is 3. The third-order valence-corrected chi connectivity index (χ3v) is 4.12. The van der Waals surface area contributed by atoms with E-state index < -0.39 is 0 Å². The number of aromatic amines is 1. The number of allylic oxidation sites excluding steroid dienone is 4. The van der Waals surface area contributed by atoms with Crippen LogP contribution in [0.25, 0.3) is 11.2 Å². The zero-order chi connectivity index (χ0) is 13.5. The molecule has 2 heterocycles. The summed E-state index contributed by atoms with van der Waals surface area (Å²) in [5.74, 6) is 0. The first-order valence-electron chi connectivity index (χ1n) is 6.27. The van der Waals surface area contributed by atoms with Gasteiger partial charge in [0.15, 0.2) is 5.65 Å². The van der Waals surface area contributed by atoms with Crippen molar-refractivity contribution in [3.05, 3.63) is 51.5 Å². The molecule has 0 bridgehead atoms. The largest absolute Gasteiger partial charge is 0.328 e. The van der Waals surface area contributed by atoms with E-state index in [1.54, 1.807) is 6.20 Å². The van der Waals surface area contributed by atoms with Gasteiger partial charge in [0.05, 0.1) is 11.1 Å². The molecule has 4 nitrogen and oxygen atoms in total. The van der Waals surface area contributed by atoms with E-state index in [1.807, 2.05) is 22.8 Å². The normalized spacial score (nSPS) is 22.2. The van der Waals surface area contributed by atoms with Crippen LogP contribution in [0, 0.1) is 0 Å². The zero-order valence-corrected chi connectivity index (χ0v) is 12.1. The molecule has 2 aromatic heterocycles. The Kier molecular flexibility index (Phi) is 2.93. The Bertz CT molecular complexity index is 741. The summed E-state index contributed by atoms with van der Waals surface area (Å²) in [4.78, 5) is 19.4. The Labute approximate surface area is 119 Å². The maximum atomic E-state index is 12.3. The van der Waals surface area contributed by atoms with Gasteiger partial charge in [0, 0.05) is 10.7 Å². The van der Waals surface area contributed by atoms with Crippen molar-refractivity contribution in [3.63, 3.8) is 0 Å². The minimum atomic E-state index is -0.299. The number of imidazole rings is 1. The van der Waals surface area contributed by atoms with Gasteiger partial charge in [0.1, 0.15) is 0 Å². The predicted molar refractivity (Wildman–Crippen MR) is 79.2 cm³/mol. The molecule has 1 aliphatic rings. The van der Waals surface area contributed by atoms with Crippen LogP contribution in [-0.2, 0) is 5.54 Å². The van der Waals surface area contributed by atoms with E-state index in [1.165, 1.54) is 0 Å². The van der Waals surface area contributed by atoms with Gasteiger partial charge in [-0.1, -0.05) is 31.2 Å². The van der Waals surface area contributed by atoms with Crippen molar-refractivity contribution in [2.24, 2.45) is 0 Å². The second-order valence-electron chi connectivity index (χ2n) is 4.74. The number of nitrogens with zero attached hydrogens (tertiary/aromatic N) is 2. The smallest absolute Gasteiger partial charge is 0.290 e. The molecular formula is C14H14BrN3O. The fourth-order valence-corrected chi connectivity index (χ4v) is 2.96. The van der Waals surface area contributed by atoms with Crippen LogP contribution in [0.2, 0.25) is 0 Å². The highest BCUT2D eigenvalue weighted by atomic mass is 79.9. The summed E-state index contributed by atoms with van der Waals surface area (Å²) < 4.78 is 2.69. The average Bonchev–Trinajstić information content (AvgIpc) is 2.75. The van der Waals surface area contributed by atoms with Crippen molar-refractivity contribution >= 4 is 27.1 Å². The molecule has 19 heavy (non-hydrogen) atoms. The van der Waals surface area contributed by atoms with E-state index in [9.17, 15) is 4.79 Å². The van der Waals surface area contributed by atoms with Crippen molar-refractivity contribution in [2.45, 2.75) is 25.3 Å². The van der Waals surface area contributed by atoms with Crippen molar-refractivity contribution in [2.75, 3.05) is 0 Å².